The number of rotatable bonds is 3. The van der Waals surface area contributed by atoms with Crippen LogP contribution in [0, 0.1) is 0 Å². The number of amides is 1. The molecular formula is C23H24N2O4. The normalized spacial score (nSPS) is 18.5. The topological polar surface area (TPSA) is 60.0 Å². The number of nitrogens with zero attached hydrogens (tertiary/aromatic N) is 1. The Hall–Kier alpha value is -2.99. The first-order chi connectivity index (χ1) is 14.1. The van der Waals surface area contributed by atoms with Gasteiger partial charge in [-0.05, 0) is 63.4 Å². The highest BCUT2D eigenvalue weighted by atomic mass is 16.5. The van der Waals surface area contributed by atoms with Crippen molar-refractivity contribution < 1.29 is 19.0 Å². The molecule has 1 saturated heterocycles. The number of carbonyl (C=O) groups excluding carboxylic acids is 1. The molecule has 0 unspecified atom stereocenters. The highest BCUT2D eigenvalue weighted by molar-refractivity contribution is 6.12. The largest absolute Gasteiger partial charge is 0.497 e. The molecule has 2 aliphatic rings. The Kier molecular flexibility index (Phi) is 4.24. The second kappa shape index (κ2) is 6.81. The Morgan fingerprint density at radius 1 is 0.897 bits per heavy atom. The first kappa shape index (κ1) is 18.1. The van der Waals surface area contributed by atoms with Crippen LogP contribution in [0.2, 0.25) is 0 Å². The highest BCUT2D eigenvalue weighted by Crippen LogP contribution is 2.43. The van der Waals surface area contributed by atoms with E-state index in [0.717, 1.165) is 40.3 Å². The molecule has 2 aliphatic heterocycles. The molecule has 0 aromatic heterocycles. The Morgan fingerprint density at radius 2 is 1.62 bits per heavy atom. The standard InChI is InChI=1S/C23H24N2O4/c1-27-14-4-5-15-17(7-14)19-9-22(29-3)21(28-2)8-18(19)16-6-13-10-24-11-23(26)25(13)12-20(15)16/h4-5,7-9,13,24H,6,10-12H2,1-3H3/t13-/m0/s1. The fourth-order valence-electron chi connectivity index (χ4n) is 4.79. The van der Waals surface area contributed by atoms with Crippen molar-refractivity contribution in [3.63, 3.8) is 0 Å². The van der Waals surface area contributed by atoms with Gasteiger partial charge in [-0.15, -0.1) is 0 Å². The van der Waals surface area contributed by atoms with Gasteiger partial charge < -0.3 is 24.4 Å². The zero-order valence-corrected chi connectivity index (χ0v) is 16.9. The molecule has 3 aromatic carbocycles. The van der Waals surface area contributed by atoms with E-state index in [2.05, 4.69) is 23.5 Å². The summed E-state index contributed by atoms with van der Waals surface area (Å²) in [7, 11) is 4.99. The number of nitrogens with one attached hydrogen (secondary N) is 1. The molecule has 1 fully saturated rings. The number of hydrogen-bond donors (Lipinski definition) is 1. The Balaban J connectivity index is 1.85. The van der Waals surface area contributed by atoms with Crippen LogP contribution in [0.4, 0.5) is 0 Å². The van der Waals surface area contributed by atoms with Gasteiger partial charge in [0.05, 0.1) is 27.9 Å². The maximum atomic E-state index is 12.5. The molecule has 0 radical (unpaired) electrons. The van der Waals surface area contributed by atoms with Crippen LogP contribution in [-0.4, -0.2) is 51.3 Å². The van der Waals surface area contributed by atoms with Gasteiger partial charge in [-0.25, -0.2) is 0 Å². The van der Waals surface area contributed by atoms with Gasteiger partial charge in [0, 0.05) is 19.1 Å². The number of methoxy groups -OCH3 is 3. The Labute approximate surface area is 169 Å². The van der Waals surface area contributed by atoms with Crippen LogP contribution in [0.3, 0.4) is 0 Å². The second-order valence-electron chi connectivity index (χ2n) is 7.63. The van der Waals surface area contributed by atoms with E-state index < -0.39 is 0 Å². The molecule has 3 aromatic rings. The summed E-state index contributed by atoms with van der Waals surface area (Å²) in [6, 6.07) is 10.5. The first-order valence-electron chi connectivity index (χ1n) is 9.82. The third-order valence-corrected chi connectivity index (χ3v) is 6.24. The molecule has 5 rings (SSSR count). The van der Waals surface area contributed by atoms with Crippen molar-refractivity contribution in [1.82, 2.24) is 10.2 Å². The van der Waals surface area contributed by atoms with Crippen molar-refractivity contribution in [3.8, 4) is 17.2 Å². The van der Waals surface area contributed by atoms with Crippen LogP contribution in [-0.2, 0) is 17.8 Å². The van der Waals surface area contributed by atoms with Crippen molar-refractivity contribution in [2.45, 2.75) is 19.0 Å². The predicted molar refractivity (Wildman–Crippen MR) is 112 cm³/mol. The molecule has 6 heteroatoms. The highest BCUT2D eigenvalue weighted by Gasteiger charge is 2.34. The minimum Gasteiger partial charge on any atom is -0.497 e. The van der Waals surface area contributed by atoms with E-state index in [1.807, 2.05) is 17.0 Å². The lowest BCUT2D eigenvalue weighted by atomic mass is 9.84. The van der Waals surface area contributed by atoms with Crippen LogP contribution < -0.4 is 19.5 Å². The van der Waals surface area contributed by atoms with Crippen molar-refractivity contribution >= 4 is 27.5 Å². The lowest BCUT2D eigenvalue weighted by Gasteiger charge is -2.41. The third-order valence-electron chi connectivity index (χ3n) is 6.24. The lowest BCUT2D eigenvalue weighted by molar-refractivity contribution is -0.136. The zero-order valence-electron chi connectivity index (χ0n) is 16.9. The summed E-state index contributed by atoms with van der Waals surface area (Å²) >= 11 is 0. The number of ether oxygens (including phenoxy) is 3. The molecule has 0 saturated carbocycles. The predicted octanol–water partition coefficient (Wildman–Crippen LogP) is 2.88. The van der Waals surface area contributed by atoms with E-state index in [-0.39, 0.29) is 11.9 Å². The van der Waals surface area contributed by atoms with Gasteiger partial charge in [-0.2, -0.15) is 0 Å². The monoisotopic (exact) mass is 392 g/mol. The molecule has 1 amide bonds. The number of piperazine rings is 1. The molecule has 0 spiro atoms. The maximum absolute atomic E-state index is 12.5. The minimum atomic E-state index is 0.168. The summed E-state index contributed by atoms with van der Waals surface area (Å²) in [6.45, 7) is 1.87. The van der Waals surface area contributed by atoms with Gasteiger partial charge in [0.25, 0.3) is 0 Å². The van der Waals surface area contributed by atoms with Gasteiger partial charge in [0.15, 0.2) is 11.5 Å². The fourth-order valence-corrected chi connectivity index (χ4v) is 4.79. The van der Waals surface area contributed by atoms with Crippen molar-refractivity contribution in [3.05, 3.63) is 41.5 Å². The van der Waals surface area contributed by atoms with Crippen molar-refractivity contribution in [1.29, 1.82) is 0 Å². The van der Waals surface area contributed by atoms with E-state index in [9.17, 15) is 4.79 Å². The van der Waals surface area contributed by atoms with E-state index in [1.54, 1.807) is 21.3 Å². The van der Waals surface area contributed by atoms with E-state index in [4.69, 9.17) is 14.2 Å². The molecule has 0 bridgehead atoms. The molecule has 6 nitrogen and oxygen atoms in total. The average Bonchev–Trinajstić information content (AvgIpc) is 2.77. The summed E-state index contributed by atoms with van der Waals surface area (Å²) < 4.78 is 16.7. The van der Waals surface area contributed by atoms with Crippen molar-refractivity contribution in [2.75, 3.05) is 34.4 Å². The molecule has 150 valence electrons. The number of benzene rings is 3. The number of hydrogen-bond acceptors (Lipinski definition) is 5. The third kappa shape index (κ3) is 2.70. The Bertz CT molecular complexity index is 1140. The van der Waals surface area contributed by atoms with Gasteiger partial charge in [-0.1, -0.05) is 6.07 Å². The van der Waals surface area contributed by atoms with Crippen LogP contribution in [0.15, 0.2) is 30.3 Å². The smallest absolute Gasteiger partial charge is 0.237 e. The average molecular weight is 392 g/mol. The molecule has 29 heavy (non-hydrogen) atoms. The van der Waals surface area contributed by atoms with Gasteiger partial charge in [-0.3, -0.25) is 4.79 Å². The SMILES string of the molecule is COc1ccc2c3c(c4cc(OC)c(OC)cc4c2c1)C[C@H]1CNCC(=O)N1C3. The van der Waals surface area contributed by atoms with Crippen molar-refractivity contribution in [2.24, 2.45) is 0 Å². The second-order valence-corrected chi connectivity index (χ2v) is 7.63. The van der Waals surface area contributed by atoms with Gasteiger partial charge in [0.1, 0.15) is 5.75 Å². The summed E-state index contributed by atoms with van der Waals surface area (Å²) in [5.74, 6) is 2.39. The van der Waals surface area contributed by atoms with Gasteiger partial charge in [0.2, 0.25) is 5.91 Å². The fraction of sp³-hybridized carbons (Fsp3) is 0.348. The summed E-state index contributed by atoms with van der Waals surface area (Å²) in [4.78, 5) is 14.6. The molecule has 0 aliphatic carbocycles. The van der Waals surface area contributed by atoms with E-state index in [1.165, 1.54) is 11.1 Å². The van der Waals surface area contributed by atoms with Crippen LogP contribution in [0.25, 0.3) is 21.5 Å². The van der Waals surface area contributed by atoms with Crippen LogP contribution in [0.1, 0.15) is 11.1 Å². The summed E-state index contributed by atoms with van der Waals surface area (Å²) in [5.41, 5.74) is 2.50. The Morgan fingerprint density at radius 3 is 2.34 bits per heavy atom. The first-order valence-corrected chi connectivity index (χ1v) is 9.82. The van der Waals surface area contributed by atoms with Crippen LogP contribution >= 0.6 is 0 Å². The van der Waals surface area contributed by atoms with Gasteiger partial charge >= 0.3 is 0 Å². The van der Waals surface area contributed by atoms with E-state index >= 15 is 0 Å². The maximum Gasteiger partial charge on any atom is 0.237 e. The molecular weight excluding hydrogens is 368 g/mol. The van der Waals surface area contributed by atoms with Crippen LogP contribution in [0.5, 0.6) is 17.2 Å². The minimum absolute atomic E-state index is 0.168. The molecule has 2 heterocycles. The number of carbonyl (C=O) groups is 1. The molecule has 1 N–H and O–H groups in total. The summed E-state index contributed by atoms with van der Waals surface area (Å²) in [6.07, 6.45) is 0.821. The number of fused-ring (bicyclic) bond motifs is 7. The molecule has 1 atom stereocenters. The lowest BCUT2D eigenvalue weighted by Crippen LogP contribution is -2.56. The zero-order chi connectivity index (χ0) is 20.1. The quantitative estimate of drug-likeness (QED) is 0.695. The van der Waals surface area contributed by atoms with E-state index in [0.29, 0.717) is 24.6 Å². The summed E-state index contributed by atoms with van der Waals surface area (Å²) in [5, 5.41) is 7.77.